The molecule has 1 aliphatic rings. The summed E-state index contributed by atoms with van der Waals surface area (Å²) in [5.74, 6) is -0.888. The Bertz CT molecular complexity index is 916. The normalized spacial score (nSPS) is 29.4. The molecule has 0 radical (unpaired) electrons. The van der Waals surface area contributed by atoms with E-state index in [1.54, 1.807) is 18.3 Å². The van der Waals surface area contributed by atoms with E-state index in [1.807, 2.05) is 46.1 Å². The summed E-state index contributed by atoms with van der Waals surface area (Å²) in [5, 5.41) is 23.3. The molecule has 2 N–H and O–H groups in total. The van der Waals surface area contributed by atoms with E-state index in [4.69, 9.17) is 4.74 Å². The van der Waals surface area contributed by atoms with Crippen molar-refractivity contribution in [1.82, 2.24) is 4.98 Å². The Hall–Kier alpha value is -1.83. The number of cyclic esters (lactones) is 1. The number of ketones is 1. The van der Waals surface area contributed by atoms with Gasteiger partial charge in [-0.3, -0.25) is 9.59 Å². The van der Waals surface area contributed by atoms with Crippen LogP contribution in [0, 0.1) is 24.2 Å². The Morgan fingerprint density at radius 2 is 2.00 bits per heavy atom. The van der Waals surface area contributed by atoms with Gasteiger partial charge in [0, 0.05) is 36.2 Å². The summed E-state index contributed by atoms with van der Waals surface area (Å²) in [6, 6.07) is 0. The highest BCUT2D eigenvalue weighted by molar-refractivity contribution is 7.09. The molecule has 0 aromatic carbocycles. The minimum Gasteiger partial charge on any atom is -0.457 e. The van der Waals surface area contributed by atoms with Crippen LogP contribution in [0.1, 0.15) is 90.3 Å². The molecule has 0 saturated carbocycles. The number of esters is 1. The molecule has 2 rings (SSSR count). The Balaban J connectivity index is 2.33. The number of hydrogen-bond acceptors (Lipinski definition) is 7. The number of thiazole rings is 1. The maximum atomic E-state index is 13.2. The Kier molecular flexibility index (Phi) is 11.3. The van der Waals surface area contributed by atoms with Gasteiger partial charge in [0.25, 0.3) is 0 Å². The Morgan fingerprint density at radius 1 is 1.29 bits per heavy atom. The predicted molar refractivity (Wildman–Crippen MR) is 141 cm³/mol. The lowest BCUT2D eigenvalue weighted by Gasteiger charge is -2.31. The molecule has 0 saturated heterocycles. The smallest absolute Gasteiger partial charge is 0.306 e. The first-order chi connectivity index (χ1) is 16.4. The van der Waals surface area contributed by atoms with Crippen LogP contribution in [0.5, 0.6) is 0 Å². The first kappa shape index (κ1) is 29.4. The monoisotopic (exact) mass is 505 g/mol. The van der Waals surface area contributed by atoms with Gasteiger partial charge in [-0.2, -0.15) is 0 Å². The first-order valence-electron chi connectivity index (χ1n) is 12.8. The molecule has 0 aliphatic carbocycles. The van der Waals surface area contributed by atoms with E-state index in [1.165, 1.54) is 0 Å². The zero-order valence-corrected chi connectivity index (χ0v) is 23.0. The van der Waals surface area contributed by atoms with Crippen molar-refractivity contribution >= 4 is 29.2 Å². The van der Waals surface area contributed by atoms with E-state index in [0.717, 1.165) is 41.1 Å². The molecule has 7 heteroatoms. The predicted octanol–water partition coefficient (Wildman–Crippen LogP) is 5.66. The van der Waals surface area contributed by atoms with Crippen LogP contribution in [0.25, 0.3) is 6.08 Å². The maximum Gasteiger partial charge on any atom is 0.306 e. The molecule has 0 bridgehead atoms. The highest BCUT2D eigenvalue weighted by Crippen LogP contribution is 2.32. The van der Waals surface area contributed by atoms with Gasteiger partial charge in [-0.1, -0.05) is 39.3 Å². The number of aliphatic hydroxyl groups is 2. The van der Waals surface area contributed by atoms with E-state index >= 15 is 0 Å². The number of aromatic nitrogens is 1. The molecule has 1 aromatic heterocycles. The lowest BCUT2D eigenvalue weighted by molar-refractivity contribution is -0.148. The number of hydrogen-bond donors (Lipinski definition) is 2. The number of Topliss-reactive ketones (excluding diaryl/α,β-unsaturated/α-hetero) is 1. The number of aliphatic hydroxyl groups excluding tert-OH is 2. The van der Waals surface area contributed by atoms with Crippen LogP contribution in [0.2, 0.25) is 0 Å². The summed E-state index contributed by atoms with van der Waals surface area (Å²) < 4.78 is 5.91. The van der Waals surface area contributed by atoms with Crippen molar-refractivity contribution < 1.29 is 24.5 Å². The molecule has 6 nitrogen and oxygen atoms in total. The molecular weight excluding hydrogens is 462 g/mol. The van der Waals surface area contributed by atoms with Gasteiger partial charge in [0.15, 0.2) is 0 Å². The van der Waals surface area contributed by atoms with Crippen molar-refractivity contribution in [3.8, 4) is 0 Å². The molecule has 4 atom stereocenters. The molecule has 0 unspecified atom stereocenters. The van der Waals surface area contributed by atoms with Crippen molar-refractivity contribution in [2.24, 2.45) is 17.3 Å². The third-order valence-corrected chi connectivity index (χ3v) is 7.93. The number of ether oxygens (including phenoxy) is 1. The molecule has 2 heterocycles. The second-order valence-corrected chi connectivity index (χ2v) is 11.7. The van der Waals surface area contributed by atoms with Gasteiger partial charge >= 0.3 is 5.97 Å². The van der Waals surface area contributed by atoms with Crippen LogP contribution in [0.15, 0.2) is 22.6 Å². The summed E-state index contributed by atoms with van der Waals surface area (Å²) >= 11 is 1.57. The minimum absolute atomic E-state index is 0.0162. The quantitative estimate of drug-likeness (QED) is 0.405. The zero-order valence-electron chi connectivity index (χ0n) is 22.2. The maximum absolute atomic E-state index is 13.2. The summed E-state index contributed by atoms with van der Waals surface area (Å²) in [5.41, 5.74) is 2.14. The largest absolute Gasteiger partial charge is 0.457 e. The fourth-order valence-corrected chi connectivity index (χ4v) is 5.26. The van der Waals surface area contributed by atoms with E-state index in [0.29, 0.717) is 19.3 Å². The van der Waals surface area contributed by atoms with Crippen molar-refractivity contribution in [1.29, 1.82) is 0 Å². The number of carbonyl (C=O) groups is 2. The van der Waals surface area contributed by atoms with E-state index < -0.39 is 23.5 Å². The van der Waals surface area contributed by atoms with Crippen molar-refractivity contribution in [3.05, 3.63) is 33.3 Å². The van der Waals surface area contributed by atoms with Gasteiger partial charge in [-0.15, -0.1) is 11.3 Å². The van der Waals surface area contributed by atoms with Crippen LogP contribution < -0.4 is 0 Å². The molecule has 0 spiro atoms. The lowest BCUT2D eigenvalue weighted by Crippen LogP contribution is -2.39. The standard InChI is InChI=1S/C28H43NO5S/c1-18-8-7-9-22(13-15-30)10-11-24(19(2)16-23-17-35-21(4)29-23)34-25(31)12-14-28(5,6)27(33)20(3)26(18)32/h10,16-18,20,24,26,30,32H,7-9,11-15H2,1-6H3/b19-16+,22-10+/t18-,20+,24-,26-/m0/s1. The molecular formula is C28H43NO5S. The highest BCUT2D eigenvalue weighted by atomic mass is 32.1. The third kappa shape index (κ3) is 8.96. The summed E-state index contributed by atoms with van der Waals surface area (Å²) in [6.45, 7) is 11.4. The SMILES string of the molecule is C/C(=C\c1csc(C)n1)[C@@H]1C/C=C(/CCO)CCC[C@H](C)[C@H](O)[C@@H](C)C(=O)C(C)(C)CCC(=O)O1. The van der Waals surface area contributed by atoms with Crippen LogP contribution >= 0.6 is 11.3 Å². The Labute approximate surface area is 214 Å². The van der Waals surface area contributed by atoms with Crippen molar-refractivity contribution in [2.75, 3.05) is 6.61 Å². The number of aryl methyl sites for hydroxylation is 1. The summed E-state index contributed by atoms with van der Waals surface area (Å²) in [4.78, 5) is 30.5. The summed E-state index contributed by atoms with van der Waals surface area (Å²) in [7, 11) is 0. The topological polar surface area (TPSA) is 96.7 Å². The van der Waals surface area contributed by atoms with Crippen molar-refractivity contribution in [3.63, 3.8) is 0 Å². The minimum atomic E-state index is -0.733. The van der Waals surface area contributed by atoms with Gasteiger partial charge in [0.2, 0.25) is 0 Å². The van der Waals surface area contributed by atoms with E-state index in [9.17, 15) is 19.8 Å². The van der Waals surface area contributed by atoms with Crippen LogP contribution in [0.4, 0.5) is 0 Å². The average Bonchev–Trinajstić information content (AvgIpc) is 3.22. The van der Waals surface area contributed by atoms with Gasteiger partial charge in [-0.25, -0.2) is 4.98 Å². The second kappa shape index (κ2) is 13.5. The number of nitrogens with zero attached hydrogens (tertiary/aromatic N) is 1. The van der Waals surface area contributed by atoms with Crippen molar-refractivity contribution in [2.45, 2.75) is 98.7 Å². The number of carbonyl (C=O) groups excluding carboxylic acids is 2. The van der Waals surface area contributed by atoms with Gasteiger partial charge < -0.3 is 14.9 Å². The van der Waals surface area contributed by atoms with Crippen LogP contribution in [0.3, 0.4) is 0 Å². The van der Waals surface area contributed by atoms with Gasteiger partial charge in [0.05, 0.1) is 16.8 Å². The highest BCUT2D eigenvalue weighted by Gasteiger charge is 2.37. The first-order valence-corrected chi connectivity index (χ1v) is 13.6. The van der Waals surface area contributed by atoms with Crippen LogP contribution in [-0.2, 0) is 14.3 Å². The lowest BCUT2D eigenvalue weighted by atomic mass is 9.74. The average molecular weight is 506 g/mol. The fraction of sp³-hybridized carbons (Fsp3) is 0.679. The molecule has 35 heavy (non-hydrogen) atoms. The van der Waals surface area contributed by atoms with Crippen LogP contribution in [-0.4, -0.2) is 45.8 Å². The fourth-order valence-electron chi connectivity index (χ4n) is 4.69. The number of rotatable bonds is 4. The van der Waals surface area contributed by atoms with E-state index in [2.05, 4.69) is 11.1 Å². The summed E-state index contributed by atoms with van der Waals surface area (Å²) in [6.07, 6.45) is 6.89. The van der Waals surface area contributed by atoms with Gasteiger partial charge in [-0.05, 0) is 63.5 Å². The Morgan fingerprint density at radius 3 is 2.63 bits per heavy atom. The second-order valence-electron chi connectivity index (χ2n) is 10.6. The molecule has 1 aromatic rings. The van der Waals surface area contributed by atoms with E-state index in [-0.39, 0.29) is 30.7 Å². The third-order valence-electron chi connectivity index (χ3n) is 7.13. The molecule has 0 fully saturated rings. The molecule has 0 amide bonds. The molecule has 196 valence electrons. The van der Waals surface area contributed by atoms with Gasteiger partial charge in [0.1, 0.15) is 11.9 Å². The zero-order chi connectivity index (χ0) is 26.2. The molecule has 1 aliphatic heterocycles.